The first kappa shape index (κ1) is 10.7. The van der Waals surface area contributed by atoms with Gasteiger partial charge in [-0.15, -0.1) is 0 Å². The molecule has 2 atom stereocenters. The minimum Gasteiger partial charge on any atom is -0.310 e. The maximum absolute atomic E-state index is 3.65. The van der Waals surface area contributed by atoms with Crippen LogP contribution in [0.2, 0.25) is 0 Å². The van der Waals surface area contributed by atoms with E-state index in [4.69, 9.17) is 0 Å². The van der Waals surface area contributed by atoms with Crippen LogP contribution in [0.4, 0.5) is 0 Å². The maximum atomic E-state index is 3.65. The molecular weight excluding hydrogens is 182 g/mol. The summed E-state index contributed by atoms with van der Waals surface area (Å²) in [6.45, 7) is 5.66. The fourth-order valence-electron chi connectivity index (χ4n) is 2.64. The minimum absolute atomic E-state index is 0.603. The van der Waals surface area contributed by atoms with Crippen LogP contribution in [-0.2, 0) is 0 Å². The van der Waals surface area contributed by atoms with Gasteiger partial charge in [-0.05, 0) is 42.9 Å². The van der Waals surface area contributed by atoms with Crippen molar-refractivity contribution in [3.63, 3.8) is 0 Å². The van der Waals surface area contributed by atoms with Crippen molar-refractivity contribution in [2.45, 2.75) is 45.1 Å². The molecule has 0 aliphatic heterocycles. The van der Waals surface area contributed by atoms with Gasteiger partial charge in [0, 0.05) is 6.04 Å². The highest BCUT2D eigenvalue weighted by atomic mass is 14.9. The Morgan fingerprint density at radius 2 is 1.93 bits per heavy atom. The van der Waals surface area contributed by atoms with Gasteiger partial charge in [-0.1, -0.05) is 38.1 Å². The fourth-order valence-corrected chi connectivity index (χ4v) is 2.64. The average molecular weight is 203 g/mol. The Bertz CT molecular complexity index is 319. The zero-order chi connectivity index (χ0) is 10.7. The first-order valence-corrected chi connectivity index (χ1v) is 6.19. The van der Waals surface area contributed by atoms with Crippen molar-refractivity contribution in [3.05, 3.63) is 35.4 Å². The molecule has 1 N–H and O–H groups in total. The molecule has 0 heterocycles. The van der Waals surface area contributed by atoms with Crippen LogP contribution >= 0.6 is 0 Å². The molecular formula is C14H21N. The summed E-state index contributed by atoms with van der Waals surface area (Å²) in [5.74, 6) is 0.774. The average Bonchev–Trinajstić information content (AvgIpc) is 2.65. The second-order valence-corrected chi connectivity index (χ2v) is 4.48. The van der Waals surface area contributed by atoms with Gasteiger partial charge in [0.15, 0.2) is 0 Å². The third kappa shape index (κ3) is 2.07. The van der Waals surface area contributed by atoms with Crippen molar-refractivity contribution >= 4 is 0 Å². The van der Waals surface area contributed by atoms with Gasteiger partial charge in [-0.2, -0.15) is 0 Å². The van der Waals surface area contributed by atoms with E-state index < -0.39 is 0 Å². The second kappa shape index (κ2) is 4.80. The Morgan fingerprint density at radius 1 is 1.20 bits per heavy atom. The van der Waals surface area contributed by atoms with Crippen LogP contribution in [0.15, 0.2) is 24.3 Å². The maximum Gasteiger partial charge on any atom is 0.0328 e. The third-order valence-corrected chi connectivity index (χ3v) is 3.47. The van der Waals surface area contributed by atoms with Crippen LogP contribution in [0.1, 0.15) is 56.2 Å². The first-order chi connectivity index (χ1) is 7.36. The van der Waals surface area contributed by atoms with Crippen molar-refractivity contribution in [1.29, 1.82) is 0 Å². The molecule has 0 fully saturated rings. The highest BCUT2D eigenvalue weighted by molar-refractivity contribution is 5.37. The molecule has 1 aromatic carbocycles. The molecule has 1 aliphatic carbocycles. The van der Waals surface area contributed by atoms with Gasteiger partial charge in [-0.3, -0.25) is 0 Å². The van der Waals surface area contributed by atoms with Crippen LogP contribution in [0.3, 0.4) is 0 Å². The predicted octanol–water partition coefficient (Wildman–Crippen LogP) is 3.62. The Hall–Kier alpha value is -0.820. The van der Waals surface area contributed by atoms with Gasteiger partial charge in [0.1, 0.15) is 0 Å². The molecule has 0 aromatic heterocycles. The fraction of sp³-hybridized carbons (Fsp3) is 0.571. The van der Waals surface area contributed by atoms with Crippen molar-refractivity contribution in [3.8, 4) is 0 Å². The summed E-state index contributed by atoms with van der Waals surface area (Å²) in [6.07, 6.45) is 3.77. The minimum atomic E-state index is 0.603. The van der Waals surface area contributed by atoms with E-state index in [1.807, 2.05) is 0 Å². The Balaban J connectivity index is 2.18. The predicted molar refractivity (Wildman–Crippen MR) is 65.1 cm³/mol. The molecule has 0 spiro atoms. The highest BCUT2D eigenvalue weighted by Crippen LogP contribution is 2.41. The van der Waals surface area contributed by atoms with Crippen molar-refractivity contribution in [2.75, 3.05) is 6.54 Å². The standard InChI is InChI=1S/C14H21N/c1-3-9-15-14-10-11(4-2)12-7-5-6-8-13(12)14/h5-8,11,14-15H,3-4,9-10H2,1-2H3. The molecule has 82 valence electrons. The Kier molecular flexibility index (Phi) is 3.42. The first-order valence-electron chi connectivity index (χ1n) is 6.19. The lowest BCUT2D eigenvalue weighted by molar-refractivity contribution is 0.488. The van der Waals surface area contributed by atoms with Crippen LogP contribution in [0.25, 0.3) is 0 Å². The van der Waals surface area contributed by atoms with E-state index in [-0.39, 0.29) is 0 Å². The smallest absolute Gasteiger partial charge is 0.0328 e. The molecule has 1 aliphatic rings. The van der Waals surface area contributed by atoms with Gasteiger partial charge in [0.2, 0.25) is 0 Å². The summed E-state index contributed by atoms with van der Waals surface area (Å²) < 4.78 is 0. The van der Waals surface area contributed by atoms with E-state index in [9.17, 15) is 0 Å². The molecule has 0 saturated heterocycles. The largest absolute Gasteiger partial charge is 0.310 e. The number of hydrogen-bond acceptors (Lipinski definition) is 1. The molecule has 0 radical (unpaired) electrons. The van der Waals surface area contributed by atoms with Crippen LogP contribution in [0.5, 0.6) is 0 Å². The number of fused-ring (bicyclic) bond motifs is 1. The summed E-state index contributed by atoms with van der Waals surface area (Å²) in [5, 5.41) is 3.65. The van der Waals surface area contributed by atoms with Crippen LogP contribution in [-0.4, -0.2) is 6.54 Å². The molecule has 0 saturated carbocycles. The van der Waals surface area contributed by atoms with Crippen molar-refractivity contribution in [1.82, 2.24) is 5.32 Å². The van der Waals surface area contributed by atoms with Gasteiger partial charge in [0.25, 0.3) is 0 Å². The SMILES string of the molecule is CCCNC1CC(CC)c2ccccc21. The van der Waals surface area contributed by atoms with Crippen molar-refractivity contribution in [2.24, 2.45) is 0 Å². The molecule has 15 heavy (non-hydrogen) atoms. The third-order valence-electron chi connectivity index (χ3n) is 3.47. The van der Waals surface area contributed by atoms with E-state index in [1.165, 1.54) is 24.8 Å². The highest BCUT2D eigenvalue weighted by Gasteiger charge is 2.28. The lowest BCUT2D eigenvalue weighted by Crippen LogP contribution is -2.19. The van der Waals surface area contributed by atoms with Crippen molar-refractivity contribution < 1.29 is 0 Å². The summed E-state index contributed by atoms with van der Waals surface area (Å²) in [4.78, 5) is 0. The lowest BCUT2D eigenvalue weighted by atomic mass is 9.99. The Morgan fingerprint density at radius 3 is 2.60 bits per heavy atom. The zero-order valence-electron chi connectivity index (χ0n) is 9.79. The van der Waals surface area contributed by atoms with E-state index in [0.717, 1.165) is 12.5 Å². The number of rotatable bonds is 4. The lowest BCUT2D eigenvalue weighted by Gasteiger charge is -2.13. The normalized spacial score (nSPS) is 24.1. The van der Waals surface area contributed by atoms with Gasteiger partial charge in [-0.25, -0.2) is 0 Å². The van der Waals surface area contributed by atoms with Crippen LogP contribution in [0, 0.1) is 0 Å². The molecule has 1 nitrogen and oxygen atoms in total. The van der Waals surface area contributed by atoms with E-state index in [2.05, 4.69) is 43.4 Å². The van der Waals surface area contributed by atoms with Gasteiger partial charge < -0.3 is 5.32 Å². The topological polar surface area (TPSA) is 12.0 Å². The second-order valence-electron chi connectivity index (χ2n) is 4.48. The summed E-state index contributed by atoms with van der Waals surface area (Å²) in [5.41, 5.74) is 3.12. The molecule has 0 bridgehead atoms. The molecule has 2 unspecified atom stereocenters. The number of nitrogens with one attached hydrogen (secondary N) is 1. The summed E-state index contributed by atoms with van der Waals surface area (Å²) in [7, 11) is 0. The van der Waals surface area contributed by atoms with E-state index >= 15 is 0 Å². The Labute approximate surface area is 92.9 Å². The number of hydrogen-bond donors (Lipinski definition) is 1. The van der Waals surface area contributed by atoms with Gasteiger partial charge >= 0.3 is 0 Å². The summed E-state index contributed by atoms with van der Waals surface area (Å²) >= 11 is 0. The van der Waals surface area contributed by atoms with E-state index in [1.54, 1.807) is 5.56 Å². The molecule has 2 rings (SSSR count). The quantitative estimate of drug-likeness (QED) is 0.788. The van der Waals surface area contributed by atoms with Gasteiger partial charge in [0.05, 0.1) is 0 Å². The summed E-state index contributed by atoms with van der Waals surface area (Å²) in [6, 6.07) is 9.53. The van der Waals surface area contributed by atoms with E-state index in [0.29, 0.717) is 6.04 Å². The van der Waals surface area contributed by atoms with Crippen LogP contribution < -0.4 is 5.32 Å². The number of benzene rings is 1. The molecule has 1 aromatic rings. The molecule has 1 heteroatoms. The molecule has 0 amide bonds. The monoisotopic (exact) mass is 203 g/mol. The zero-order valence-corrected chi connectivity index (χ0v) is 9.79.